The average molecular weight is 272 g/mol. The van der Waals surface area contributed by atoms with Crippen LogP contribution in [-0.2, 0) is 0 Å². The number of hydrogen-bond donors (Lipinski definition) is 1. The monoisotopic (exact) mass is 271 g/mol. The van der Waals surface area contributed by atoms with Crippen molar-refractivity contribution in [2.24, 2.45) is 0 Å². The number of benzene rings is 1. The van der Waals surface area contributed by atoms with Gasteiger partial charge in [0, 0.05) is 22.0 Å². The zero-order valence-corrected chi connectivity index (χ0v) is 10.4. The lowest BCUT2D eigenvalue weighted by atomic mass is 10.2. The predicted octanol–water partition coefficient (Wildman–Crippen LogP) is 3.76. The number of thioether (sulfide) groups is 1. The molecule has 0 amide bonds. The van der Waals surface area contributed by atoms with Gasteiger partial charge in [-0.15, -0.1) is 0 Å². The van der Waals surface area contributed by atoms with E-state index in [4.69, 9.17) is 0 Å². The normalized spacial score (nSPS) is 21.9. The average Bonchev–Trinajstić information content (AvgIpc) is 2.23. The van der Waals surface area contributed by atoms with E-state index in [1.807, 2.05) is 6.07 Å². The first kappa shape index (κ1) is 10.4. The molecule has 0 saturated carbocycles. The van der Waals surface area contributed by atoms with Gasteiger partial charge in [-0.1, -0.05) is 12.1 Å². The van der Waals surface area contributed by atoms with E-state index in [9.17, 15) is 0 Å². The largest absolute Gasteiger partial charge is 0.381 e. The topological polar surface area (TPSA) is 12.0 Å². The minimum Gasteiger partial charge on any atom is -0.381 e. The van der Waals surface area contributed by atoms with E-state index in [-0.39, 0.29) is 0 Å². The van der Waals surface area contributed by atoms with Crippen molar-refractivity contribution in [1.82, 2.24) is 0 Å². The lowest BCUT2D eigenvalue weighted by molar-refractivity contribution is 0.685. The van der Waals surface area contributed by atoms with Gasteiger partial charge in [-0.05, 0) is 46.7 Å². The van der Waals surface area contributed by atoms with Crippen LogP contribution in [0.5, 0.6) is 0 Å². The van der Waals surface area contributed by atoms with Crippen LogP contribution in [0.15, 0.2) is 28.7 Å². The van der Waals surface area contributed by atoms with Crippen LogP contribution in [0, 0.1) is 0 Å². The molecule has 1 aliphatic heterocycles. The van der Waals surface area contributed by atoms with Gasteiger partial charge in [0.25, 0.3) is 0 Å². The van der Waals surface area contributed by atoms with Crippen molar-refractivity contribution in [3.63, 3.8) is 0 Å². The highest BCUT2D eigenvalue weighted by molar-refractivity contribution is 9.10. The summed E-state index contributed by atoms with van der Waals surface area (Å²) in [7, 11) is 0. The fourth-order valence-electron chi connectivity index (χ4n) is 1.65. The Hall–Kier alpha value is -0.150. The third-order valence-electron chi connectivity index (χ3n) is 2.39. The minimum absolute atomic E-state index is 0.646. The zero-order chi connectivity index (χ0) is 9.80. The second kappa shape index (κ2) is 5.08. The predicted molar refractivity (Wildman–Crippen MR) is 68.1 cm³/mol. The molecule has 2 rings (SSSR count). The zero-order valence-electron chi connectivity index (χ0n) is 8.00. The molecular weight excluding hydrogens is 258 g/mol. The number of nitrogens with one attached hydrogen (secondary N) is 1. The number of halogens is 1. The van der Waals surface area contributed by atoms with Crippen molar-refractivity contribution in [2.45, 2.75) is 18.9 Å². The summed E-state index contributed by atoms with van der Waals surface area (Å²) in [5.41, 5.74) is 1.22. The fourth-order valence-corrected chi connectivity index (χ4v) is 3.12. The van der Waals surface area contributed by atoms with Gasteiger partial charge in [-0.3, -0.25) is 0 Å². The third kappa shape index (κ3) is 2.67. The molecule has 0 aliphatic carbocycles. The van der Waals surface area contributed by atoms with Crippen molar-refractivity contribution >= 4 is 33.4 Å². The molecule has 76 valence electrons. The van der Waals surface area contributed by atoms with Crippen LogP contribution < -0.4 is 5.32 Å². The molecule has 1 heterocycles. The molecule has 0 aromatic heterocycles. The molecule has 0 unspecified atom stereocenters. The minimum atomic E-state index is 0.646. The second-order valence-corrected chi connectivity index (χ2v) is 5.54. The summed E-state index contributed by atoms with van der Waals surface area (Å²) in [5, 5.41) is 3.58. The highest BCUT2D eigenvalue weighted by Crippen LogP contribution is 2.25. The number of hydrogen-bond acceptors (Lipinski definition) is 2. The van der Waals surface area contributed by atoms with E-state index in [1.165, 1.54) is 30.0 Å². The second-order valence-electron chi connectivity index (χ2n) is 3.54. The summed E-state index contributed by atoms with van der Waals surface area (Å²) in [5.74, 6) is 2.56. The summed E-state index contributed by atoms with van der Waals surface area (Å²) in [6.07, 6.45) is 2.64. The van der Waals surface area contributed by atoms with Gasteiger partial charge in [0.1, 0.15) is 0 Å². The highest BCUT2D eigenvalue weighted by Gasteiger charge is 2.13. The molecule has 3 heteroatoms. The molecule has 1 N–H and O–H groups in total. The van der Waals surface area contributed by atoms with Crippen LogP contribution in [0.4, 0.5) is 5.69 Å². The van der Waals surface area contributed by atoms with Crippen LogP contribution in [0.3, 0.4) is 0 Å². The maximum Gasteiger partial charge on any atom is 0.0487 e. The number of anilines is 1. The van der Waals surface area contributed by atoms with E-state index < -0.39 is 0 Å². The first-order chi connectivity index (χ1) is 6.86. The highest BCUT2D eigenvalue weighted by atomic mass is 79.9. The Morgan fingerprint density at radius 3 is 2.93 bits per heavy atom. The summed E-state index contributed by atoms with van der Waals surface area (Å²) in [6.45, 7) is 0. The Morgan fingerprint density at radius 2 is 2.21 bits per heavy atom. The fraction of sp³-hybridized carbons (Fsp3) is 0.455. The smallest absolute Gasteiger partial charge is 0.0487 e. The molecule has 0 bridgehead atoms. The van der Waals surface area contributed by atoms with Crippen molar-refractivity contribution in [3.8, 4) is 0 Å². The summed E-state index contributed by atoms with van der Waals surface area (Å²) in [6, 6.07) is 8.97. The van der Waals surface area contributed by atoms with Gasteiger partial charge < -0.3 is 5.32 Å². The molecule has 1 saturated heterocycles. The quantitative estimate of drug-likeness (QED) is 0.879. The number of rotatable bonds is 2. The Balaban J connectivity index is 1.99. The summed E-state index contributed by atoms with van der Waals surface area (Å²) < 4.78 is 1.16. The van der Waals surface area contributed by atoms with Gasteiger partial charge in [-0.25, -0.2) is 0 Å². The van der Waals surface area contributed by atoms with Crippen molar-refractivity contribution in [2.75, 3.05) is 16.8 Å². The maximum atomic E-state index is 3.58. The van der Waals surface area contributed by atoms with Crippen LogP contribution >= 0.6 is 27.7 Å². The maximum absolute atomic E-state index is 3.58. The molecule has 1 nitrogen and oxygen atoms in total. The van der Waals surface area contributed by atoms with Gasteiger partial charge >= 0.3 is 0 Å². The summed E-state index contributed by atoms with van der Waals surface area (Å²) >= 11 is 5.60. The van der Waals surface area contributed by atoms with Crippen LogP contribution in [-0.4, -0.2) is 17.5 Å². The van der Waals surface area contributed by atoms with Gasteiger partial charge in [0.05, 0.1) is 0 Å². The molecule has 1 aromatic carbocycles. The van der Waals surface area contributed by atoms with E-state index in [0.29, 0.717) is 6.04 Å². The molecule has 14 heavy (non-hydrogen) atoms. The first-order valence-corrected chi connectivity index (χ1v) is 6.90. The Morgan fingerprint density at radius 1 is 1.36 bits per heavy atom. The molecule has 0 spiro atoms. The van der Waals surface area contributed by atoms with Crippen LogP contribution in [0.2, 0.25) is 0 Å². The first-order valence-electron chi connectivity index (χ1n) is 4.95. The lowest BCUT2D eigenvalue weighted by Crippen LogP contribution is -2.25. The standard InChI is InChI=1S/C11H14BrNS/c12-10-5-1-2-6-11(10)13-9-4-3-7-14-8-9/h1-2,5-6,9,13H,3-4,7-8H2/t9-/m0/s1. The van der Waals surface area contributed by atoms with Gasteiger partial charge in [-0.2, -0.15) is 11.8 Å². The van der Waals surface area contributed by atoms with Crippen molar-refractivity contribution < 1.29 is 0 Å². The molecule has 1 aromatic rings. The number of para-hydroxylation sites is 1. The van der Waals surface area contributed by atoms with Crippen LogP contribution in [0.1, 0.15) is 12.8 Å². The van der Waals surface area contributed by atoms with E-state index in [1.54, 1.807) is 0 Å². The SMILES string of the molecule is Brc1ccccc1N[C@H]1CCCSC1. The summed E-state index contributed by atoms with van der Waals surface area (Å²) in [4.78, 5) is 0. The molecule has 1 atom stereocenters. The Bertz CT molecular complexity index is 297. The van der Waals surface area contributed by atoms with E-state index >= 15 is 0 Å². The van der Waals surface area contributed by atoms with Gasteiger partial charge in [0.2, 0.25) is 0 Å². The van der Waals surface area contributed by atoms with E-state index in [0.717, 1.165) is 4.47 Å². The van der Waals surface area contributed by atoms with Gasteiger partial charge in [0.15, 0.2) is 0 Å². The van der Waals surface area contributed by atoms with Crippen molar-refractivity contribution in [3.05, 3.63) is 28.7 Å². The Kier molecular flexibility index (Phi) is 3.76. The van der Waals surface area contributed by atoms with E-state index in [2.05, 4.69) is 51.2 Å². The molecule has 1 aliphatic rings. The molecular formula is C11H14BrNS. The van der Waals surface area contributed by atoms with Crippen LogP contribution in [0.25, 0.3) is 0 Å². The lowest BCUT2D eigenvalue weighted by Gasteiger charge is -2.24. The third-order valence-corrected chi connectivity index (χ3v) is 4.30. The Labute approximate surface area is 97.8 Å². The molecule has 1 fully saturated rings. The molecule has 0 radical (unpaired) electrons. The van der Waals surface area contributed by atoms with Crippen molar-refractivity contribution in [1.29, 1.82) is 0 Å².